The van der Waals surface area contributed by atoms with Gasteiger partial charge in [-0.25, -0.2) is 0 Å². The molecule has 0 heterocycles. The van der Waals surface area contributed by atoms with Gasteiger partial charge in [-0.1, -0.05) is 50.2 Å². The van der Waals surface area contributed by atoms with E-state index in [1.807, 2.05) is 48.5 Å². The highest BCUT2D eigenvalue weighted by atomic mass is 16.5. The molecule has 0 spiro atoms. The molecular formula is C16H19NO. The van der Waals surface area contributed by atoms with Crippen molar-refractivity contribution in [2.45, 2.75) is 26.4 Å². The average molecular weight is 241 g/mol. The molecule has 0 unspecified atom stereocenters. The van der Waals surface area contributed by atoms with Gasteiger partial charge in [0.1, 0.15) is 12.4 Å². The summed E-state index contributed by atoms with van der Waals surface area (Å²) >= 11 is 0. The van der Waals surface area contributed by atoms with Crippen LogP contribution >= 0.6 is 0 Å². The first kappa shape index (κ1) is 12.5. The van der Waals surface area contributed by atoms with E-state index in [0.717, 1.165) is 17.0 Å². The Kier molecular flexibility index (Phi) is 3.88. The van der Waals surface area contributed by atoms with Crippen molar-refractivity contribution in [1.29, 1.82) is 0 Å². The molecule has 94 valence electrons. The van der Waals surface area contributed by atoms with E-state index in [1.165, 1.54) is 5.56 Å². The molecule has 0 bridgehead atoms. The monoisotopic (exact) mass is 241 g/mol. The molecule has 18 heavy (non-hydrogen) atoms. The minimum Gasteiger partial charge on any atom is -0.489 e. The molecule has 0 aliphatic heterocycles. The van der Waals surface area contributed by atoms with Crippen LogP contribution in [0.25, 0.3) is 0 Å². The molecule has 0 atom stereocenters. The predicted octanol–water partition coefficient (Wildman–Crippen LogP) is 3.97. The van der Waals surface area contributed by atoms with Crippen LogP contribution < -0.4 is 10.5 Å². The van der Waals surface area contributed by atoms with Crippen LogP contribution in [0, 0.1) is 0 Å². The highest BCUT2D eigenvalue weighted by molar-refractivity contribution is 5.52. The molecular weight excluding hydrogens is 222 g/mol. The highest BCUT2D eigenvalue weighted by Gasteiger charge is 2.05. The molecule has 0 saturated carbocycles. The second kappa shape index (κ2) is 5.58. The van der Waals surface area contributed by atoms with Gasteiger partial charge in [-0.15, -0.1) is 0 Å². The largest absolute Gasteiger partial charge is 0.489 e. The van der Waals surface area contributed by atoms with E-state index in [-0.39, 0.29) is 0 Å². The third-order valence-electron chi connectivity index (χ3n) is 2.93. The zero-order valence-corrected chi connectivity index (χ0v) is 10.9. The average Bonchev–Trinajstić information content (AvgIpc) is 2.37. The van der Waals surface area contributed by atoms with E-state index in [4.69, 9.17) is 10.5 Å². The third-order valence-corrected chi connectivity index (χ3v) is 2.93. The van der Waals surface area contributed by atoms with Gasteiger partial charge in [0.15, 0.2) is 0 Å². The van der Waals surface area contributed by atoms with Crippen LogP contribution in [0.2, 0.25) is 0 Å². The first-order valence-electron chi connectivity index (χ1n) is 6.23. The number of benzene rings is 2. The molecule has 2 aromatic rings. The lowest BCUT2D eigenvalue weighted by molar-refractivity contribution is 0.306. The van der Waals surface area contributed by atoms with E-state index in [9.17, 15) is 0 Å². The molecule has 2 N–H and O–H groups in total. The second-order valence-corrected chi connectivity index (χ2v) is 4.72. The van der Waals surface area contributed by atoms with Crippen LogP contribution in [0.4, 0.5) is 5.69 Å². The van der Waals surface area contributed by atoms with Crippen molar-refractivity contribution >= 4 is 5.69 Å². The lowest BCUT2D eigenvalue weighted by Gasteiger charge is -2.12. The number of anilines is 1. The summed E-state index contributed by atoms with van der Waals surface area (Å²) in [5.41, 5.74) is 9.14. The first-order valence-corrected chi connectivity index (χ1v) is 6.23. The fourth-order valence-electron chi connectivity index (χ4n) is 1.91. The number of ether oxygens (including phenoxy) is 1. The van der Waals surface area contributed by atoms with Gasteiger partial charge in [0, 0.05) is 11.8 Å². The van der Waals surface area contributed by atoms with Crippen molar-refractivity contribution in [2.75, 3.05) is 5.73 Å². The summed E-state index contributed by atoms with van der Waals surface area (Å²) in [6.45, 7) is 4.84. The molecule has 2 rings (SSSR count). The van der Waals surface area contributed by atoms with E-state index < -0.39 is 0 Å². The number of hydrogen-bond acceptors (Lipinski definition) is 2. The minimum absolute atomic E-state index is 0.438. The van der Waals surface area contributed by atoms with Gasteiger partial charge in [0.25, 0.3) is 0 Å². The molecule has 2 heteroatoms. The zero-order valence-electron chi connectivity index (χ0n) is 10.9. The fourth-order valence-corrected chi connectivity index (χ4v) is 1.91. The van der Waals surface area contributed by atoms with Gasteiger partial charge in [-0.05, 0) is 23.1 Å². The van der Waals surface area contributed by atoms with Gasteiger partial charge in [-0.3, -0.25) is 0 Å². The van der Waals surface area contributed by atoms with Crippen LogP contribution in [0.15, 0.2) is 48.5 Å². The quantitative estimate of drug-likeness (QED) is 0.822. The topological polar surface area (TPSA) is 35.2 Å². The molecule has 2 aromatic carbocycles. The van der Waals surface area contributed by atoms with Crippen molar-refractivity contribution in [3.8, 4) is 5.75 Å². The molecule has 0 aliphatic rings. The maximum atomic E-state index is 6.01. The summed E-state index contributed by atoms with van der Waals surface area (Å²) < 4.78 is 5.73. The van der Waals surface area contributed by atoms with Crippen molar-refractivity contribution in [1.82, 2.24) is 0 Å². The fraction of sp³-hybridized carbons (Fsp3) is 0.250. The summed E-state index contributed by atoms with van der Waals surface area (Å²) in [5.74, 6) is 1.26. The Hall–Kier alpha value is -1.96. The van der Waals surface area contributed by atoms with Gasteiger partial charge >= 0.3 is 0 Å². The maximum Gasteiger partial charge on any atom is 0.121 e. The number of rotatable bonds is 4. The molecule has 0 aromatic heterocycles. The van der Waals surface area contributed by atoms with E-state index in [0.29, 0.717) is 12.5 Å². The Labute approximate surface area is 108 Å². The SMILES string of the molecule is CC(C)c1ccc(OCc2ccccc2)cc1N. The van der Waals surface area contributed by atoms with E-state index >= 15 is 0 Å². The standard InChI is InChI=1S/C16H19NO/c1-12(2)15-9-8-14(10-16(15)17)18-11-13-6-4-3-5-7-13/h3-10,12H,11,17H2,1-2H3. The van der Waals surface area contributed by atoms with Crippen LogP contribution in [0.3, 0.4) is 0 Å². The number of nitrogen functional groups attached to an aromatic ring is 1. The van der Waals surface area contributed by atoms with Crippen LogP contribution in [0.1, 0.15) is 30.9 Å². The zero-order chi connectivity index (χ0) is 13.0. The molecule has 0 amide bonds. The predicted molar refractivity (Wildman–Crippen MR) is 75.7 cm³/mol. The van der Waals surface area contributed by atoms with Crippen LogP contribution in [-0.4, -0.2) is 0 Å². The highest BCUT2D eigenvalue weighted by Crippen LogP contribution is 2.26. The summed E-state index contributed by atoms with van der Waals surface area (Å²) in [5, 5.41) is 0. The van der Waals surface area contributed by atoms with Gasteiger partial charge in [0.05, 0.1) is 0 Å². The van der Waals surface area contributed by atoms with Gasteiger partial charge in [0.2, 0.25) is 0 Å². The maximum absolute atomic E-state index is 6.01. The Balaban J connectivity index is 2.05. The smallest absolute Gasteiger partial charge is 0.121 e. The van der Waals surface area contributed by atoms with E-state index in [1.54, 1.807) is 0 Å². The molecule has 0 aliphatic carbocycles. The Bertz CT molecular complexity index is 506. The number of nitrogens with two attached hydrogens (primary N) is 1. The van der Waals surface area contributed by atoms with Crippen molar-refractivity contribution in [2.24, 2.45) is 0 Å². The third kappa shape index (κ3) is 3.04. The summed E-state index contributed by atoms with van der Waals surface area (Å²) in [4.78, 5) is 0. The molecule has 2 nitrogen and oxygen atoms in total. The summed E-state index contributed by atoms with van der Waals surface area (Å²) in [6.07, 6.45) is 0. The summed E-state index contributed by atoms with van der Waals surface area (Å²) in [7, 11) is 0. The Morgan fingerprint density at radius 3 is 2.39 bits per heavy atom. The summed E-state index contributed by atoms with van der Waals surface area (Å²) in [6, 6.07) is 16.0. The lowest BCUT2D eigenvalue weighted by atomic mass is 10.0. The van der Waals surface area contributed by atoms with Crippen molar-refractivity contribution < 1.29 is 4.74 Å². The van der Waals surface area contributed by atoms with Gasteiger partial charge in [-0.2, -0.15) is 0 Å². The second-order valence-electron chi connectivity index (χ2n) is 4.72. The van der Waals surface area contributed by atoms with Crippen molar-refractivity contribution in [3.05, 3.63) is 59.7 Å². The minimum atomic E-state index is 0.438. The molecule has 0 fully saturated rings. The normalized spacial score (nSPS) is 10.6. The first-order chi connectivity index (χ1) is 8.66. The number of hydrogen-bond donors (Lipinski definition) is 1. The van der Waals surface area contributed by atoms with Crippen LogP contribution in [-0.2, 0) is 6.61 Å². The lowest BCUT2D eigenvalue weighted by Crippen LogP contribution is -1.99. The Morgan fingerprint density at radius 2 is 1.78 bits per heavy atom. The van der Waals surface area contributed by atoms with Crippen LogP contribution in [0.5, 0.6) is 5.75 Å². The van der Waals surface area contributed by atoms with E-state index in [2.05, 4.69) is 13.8 Å². The molecule has 0 radical (unpaired) electrons. The van der Waals surface area contributed by atoms with Gasteiger partial charge < -0.3 is 10.5 Å². The van der Waals surface area contributed by atoms with Crippen molar-refractivity contribution in [3.63, 3.8) is 0 Å². The Morgan fingerprint density at radius 1 is 1.06 bits per heavy atom. The molecule has 0 saturated heterocycles.